The quantitative estimate of drug-likeness (QED) is 0.861. The minimum Gasteiger partial charge on any atom is -0.361 e. The van der Waals surface area contributed by atoms with Gasteiger partial charge in [-0.25, -0.2) is 0 Å². The number of nitrogens with zero attached hydrogens (tertiary/aromatic N) is 2. The molecule has 1 heterocycles. The van der Waals surface area contributed by atoms with Crippen LogP contribution in [0.5, 0.6) is 0 Å². The van der Waals surface area contributed by atoms with Crippen molar-refractivity contribution < 1.29 is 9.32 Å². The summed E-state index contributed by atoms with van der Waals surface area (Å²) in [5.41, 5.74) is 0.796. The zero-order chi connectivity index (χ0) is 13.0. The third-order valence-corrected chi connectivity index (χ3v) is 3.40. The molecule has 1 aromatic rings. The summed E-state index contributed by atoms with van der Waals surface area (Å²) in [5, 5.41) is 7.20. The van der Waals surface area contributed by atoms with Crippen LogP contribution in [0.3, 0.4) is 0 Å². The molecule has 0 atom stereocenters. The lowest BCUT2D eigenvalue weighted by atomic mass is 10.2. The van der Waals surface area contributed by atoms with Gasteiger partial charge in [-0.2, -0.15) is 0 Å². The van der Waals surface area contributed by atoms with E-state index in [0.29, 0.717) is 19.1 Å². The molecule has 0 radical (unpaired) electrons. The van der Waals surface area contributed by atoms with Crippen molar-refractivity contribution in [3.63, 3.8) is 0 Å². The lowest BCUT2D eigenvalue weighted by Crippen LogP contribution is -2.38. The smallest absolute Gasteiger partial charge is 0.236 e. The predicted octanol–water partition coefficient (Wildman–Crippen LogP) is 1.47. The Hall–Kier alpha value is -1.36. The molecule has 18 heavy (non-hydrogen) atoms. The number of carbonyl (C=O) groups excluding carboxylic acids is 1. The molecule has 1 fully saturated rings. The van der Waals surface area contributed by atoms with Gasteiger partial charge in [-0.15, -0.1) is 0 Å². The molecule has 0 aromatic carbocycles. The average Bonchev–Trinajstić information content (AvgIpc) is 2.97. The number of carbonyl (C=O) groups is 1. The van der Waals surface area contributed by atoms with E-state index in [-0.39, 0.29) is 5.91 Å². The van der Waals surface area contributed by atoms with Crippen molar-refractivity contribution in [2.75, 3.05) is 13.6 Å². The van der Waals surface area contributed by atoms with Gasteiger partial charge in [0.05, 0.1) is 13.1 Å². The highest BCUT2D eigenvalue weighted by molar-refractivity contribution is 5.77. The predicted molar refractivity (Wildman–Crippen MR) is 68.0 cm³/mol. The molecule has 0 spiro atoms. The van der Waals surface area contributed by atoms with E-state index in [1.807, 2.05) is 13.0 Å². The van der Waals surface area contributed by atoms with Crippen molar-refractivity contribution in [2.24, 2.45) is 0 Å². The molecule has 1 aliphatic carbocycles. The second kappa shape index (κ2) is 6.00. The number of rotatable bonds is 5. The summed E-state index contributed by atoms with van der Waals surface area (Å²) in [6, 6.07) is 2.38. The van der Waals surface area contributed by atoms with Gasteiger partial charge in [0.15, 0.2) is 0 Å². The van der Waals surface area contributed by atoms with E-state index in [1.165, 1.54) is 25.7 Å². The van der Waals surface area contributed by atoms with E-state index in [0.717, 1.165) is 11.5 Å². The van der Waals surface area contributed by atoms with Gasteiger partial charge in [-0.05, 0) is 19.8 Å². The third kappa shape index (κ3) is 3.57. The van der Waals surface area contributed by atoms with Crippen LogP contribution in [-0.4, -0.2) is 35.6 Å². The number of hydrogen-bond acceptors (Lipinski definition) is 4. The van der Waals surface area contributed by atoms with Crippen LogP contribution >= 0.6 is 0 Å². The topological polar surface area (TPSA) is 58.4 Å². The van der Waals surface area contributed by atoms with Crippen LogP contribution < -0.4 is 5.32 Å². The Balaban J connectivity index is 1.74. The summed E-state index contributed by atoms with van der Waals surface area (Å²) in [5.74, 6) is 0.873. The number of amides is 1. The fraction of sp³-hybridized carbons (Fsp3) is 0.692. The summed E-state index contributed by atoms with van der Waals surface area (Å²) in [4.78, 5) is 13.6. The van der Waals surface area contributed by atoms with E-state index in [1.54, 1.807) is 11.9 Å². The third-order valence-electron chi connectivity index (χ3n) is 3.40. The Bertz CT molecular complexity index is 397. The number of hydrogen-bond donors (Lipinski definition) is 1. The van der Waals surface area contributed by atoms with Crippen molar-refractivity contribution in [1.29, 1.82) is 0 Å². The SMILES string of the molecule is Cc1cc(CN(C)C(=O)CNC2CCCC2)no1. The first kappa shape index (κ1) is 13.1. The largest absolute Gasteiger partial charge is 0.361 e. The summed E-state index contributed by atoms with van der Waals surface area (Å²) >= 11 is 0. The molecule has 2 rings (SSSR count). The van der Waals surface area contributed by atoms with Crippen molar-refractivity contribution >= 4 is 5.91 Å². The molecule has 0 unspecified atom stereocenters. The van der Waals surface area contributed by atoms with Crippen LogP contribution in [0.25, 0.3) is 0 Å². The van der Waals surface area contributed by atoms with Crippen LogP contribution in [0.4, 0.5) is 0 Å². The Morgan fingerprint density at radius 1 is 1.56 bits per heavy atom. The fourth-order valence-corrected chi connectivity index (χ4v) is 2.32. The van der Waals surface area contributed by atoms with Crippen LogP contribution in [0.15, 0.2) is 10.6 Å². The molecule has 1 aromatic heterocycles. The van der Waals surface area contributed by atoms with Crippen LogP contribution in [0, 0.1) is 6.92 Å². The molecule has 0 bridgehead atoms. The summed E-state index contributed by atoms with van der Waals surface area (Å²) in [7, 11) is 1.79. The second-order valence-corrected chi connectivity index (χ2v) is 5.04. The molecule has 100 valence electrons. The van der Waals surface area contributed by atoms with Gasteiger partial charge in [0.2, 0.25) is 5.91 Å². The molecule has 1 N–H and O–H groups in total. The first-order valence-corrected chi connectivity index (χ1v) is 6.54. The molecule has 1 amide bonds. The Kier molecular flexibility index (Phi) is 4.36. The lowest BCUT2D eigenvalue weighted by molar-refractivity contribution is -0.129. The molecule has 0 aliphatic heterocycles. The summed E-state index contributed by atoms with van der Waals surface area (Å²) in [6.07, 6.45) is 4.94. The van der Waals surface area contributed by atoms with Gasteiger partial charge in [0.25, 0.3) is 0 Å². The lowest BCUT2D eigenvalue weighted by Gasteiger charge is -2.18. The molecule has 5 nitrogen and oxygen atoms in total. The Morgan fingerprint density at radius 2 is 2.28 bits per heavy atom. The maximum atomic E-state index is 11.9. The number of aryl methyl sites for hydroxylation is 1. The van der Waals surface area contributed by atoms with Crippen LogP contribution in [0.1, 0.15) is 37.1 Å². The van der Waals surface area contributed by atoms with Gasteiger partial charge in [0, 0.05) is 19.2 Å². The molecular weight excluding hydrogens is 230 g/mol. The molecule has 1 saturated carbocycles. The molecular formula is C13H21N3O2. The van der Waals surface area contributed by atoms with E-state index in [2.05, 4.69) is 10.5 Å². The van der Waals surface area contributed by atoms with Gasteiger partial charge in [0.1, 0.15) is 11.5 Å². The van der Waals surface area contributed by atoms with E-state index in [9.17, 15) is 4.79 Å². The van der Waals surface area contributed by atoms with Crippen molar-refractivity contribution in [2.45, 2.75) is 45.2 Å². The van der Waals surface area contributed by atoms with Gasteiger partial charge in [-0.3, -0.25) is 4.79 Å². The standard InChI is InChI=1S/C13H21N3O2/c1-10-7-12(15-18-10)9-16(2)13(17)8-14-11-5-3-4-6-11/h7,11,14H,3-6,8-9H2,1-2H3. The monoisotopic (exact) mass is 251 g/mol. The highest BCUT2D eigenvalue weighted by Crippen LogP contribution is 2.17. The number of likely N-dealkylation sites (N-methyl/N-ethyl adjacent to an activating group) is 1. The Morgan fingerprint density at radius 3 is 2.89 bits per heavy atom. The normalized spacial score (nSPS) is 16.1. The van der Waals surface area contributed by atoms with Crippen molar-refractivity contribution in [1.82, 2.24) is 15.4 Å². The molecule has 0 saturated heterocycles. The fourth-order valence-electron chi connectivity index (χ4n) is 2.32. The van der Waals surface area contributed by atoms with Gasteiger partial charge < -0.3 is 14.7 Å². The van der Waals surface area contributed by atoms with E-state index >= 15 is 0 Å². The maximum Gasteiger partial charge on any atom is 0.236 e. The summed E-state index contributed by atoms with van der Waals surface area (Å²) < 4.78 is 4.98. The summed E-state index contributed by atoms with van der Waals surface area (Å²) in [6.45, 7) is 2.76. The maximum absolute atomic E-state index is 11.9. The first-order valence-electron chi connectivity index (χ1n) is 6.54. The zero-order valence-corrected chi connectivity index (χ0v) is 11.1. The highest BCUT2D eigenvalue weighted by Gasteiger charge is 2.17. The first-order chi connectivity index (χ1) is 8.65. The Labute approximate surface area is 108 Å². The zero-order valence-electron chi connectivity index (χ0n) is 11.1. The number of nitrogens with one attached hydrogen (secondary N) is 1. The minimum absolute atomic E-state index is 0.0996. The van der Waals surface area contributed by atoms with Gasteiger partial charge in [-0.1, -0.05) is 18.0 Å². The molecule has 1 aliphatic rings. The molecule has 5 heteroatoms. The minimum atomic E-state index is 0.0996. The van der Waals surface area contributed by atoms with Crippen LogP contribution in [-0.2, 0) is 11.3 Å². The van der Waals surface area contributed by atoms with Crippen molar-refractivity contribution in [3.05, 3.63) is 17.5 Å². The average molecular weight is 251 g/mol. The van der Waals surface area contributed by atoms with E-state index in [4.69, 9.17) is 4.52 Å². The van der Waals surface area contributed by atoms with Crippen LogP contribution in [0.2, 0.25) is 0 Å². The van der Waals surface area contributed by atoms with Crippen molar-refractivity contribution in [3.8, 4) is 0 Å². The van der Waals surface area contributed by atoms with Gasteiger partial charge >= 0.3 is 0 Å². The highest BCUT2D eigenvalue weighted by atomic mass is 16.5. The second-order valence-electron chi connectivity index (χ2n) is 5.04. The van der Waals surface area contributed by atoms with E-state index < -0.39 is 0 Å². The number of aromatic nitrogens is 1.